The highest BCUT2D eigenvalue weighted by Gasteiger charge is 2.22. The van der Waals surface area contributed by atoms with Crippen molar-refractivity contribution in [2.45, 2.75) is 44.1 Å². The summed E-state index contributed by atoms with van der Waals surface area (Å²) in [7, 11) is 1.55. The van der Waals surface area contributed by atoms with Gasteiger partial charge in [-0.15, -0.1) is 0 Å². The number of imidazole rings is 1. The number of aryl methyl sites for hydroxylation is 2. The molecule has 0 saturated heterocycles. The number of aromatic nitrogens is 4. The normalized spacial score (nSPS) is 12.5. The Bertz CT molecular complexity index is 836. The van der Waals surface area contributed by atoms with Gasteiger partial charge in [0.05, 0.1) is 6.61 Å². The van der Waals surface area contributed by atoms with Gasteiger partial charge in [-0.3, -0.25) is 19.1 Å². The number of esters is 1. The number of fused-ring (bicyclic) bond motifs is 1. The molecule has 0 radical (unpaired) electrons. The molecule has 2 rings (SSSR count). The standard InChI is InChI=1S/C14H20N4O4S/c1-5-7-18-9-10(17(4)13(21)16-11(9)19)15-14(18)23-8(3)12(20)22-6-2/h8H,5-7H2,1-4H3,(H,16,19,21)/t8-/m0/s1. The van der Waals surface area contributed by atoms with E-state index >= 15 is 0 Å². The maximum absolute atomic E-state index is 12.2. The zero-order valence-corrected chi connectivity index (χ0v) is 14.4. The third-order valence-electron chi connectivity index (χ3n) is 3.32. The predicted molar refractivity (Wildman–Crippen MR) is 87.8 cm³/mol. The molecular weight excluding hydrogens is 320 g/mol. The summed E-state index contributed by atoms with van der Waals surface area (Å²) in [6.07, 6.45) is 0.787. The fourth-order valence-electron chi connectivity index (χ4n) is 2.20. The molecule has 0 aliphatic rings. The first kappa shape index (κ1) is 17.3. The first-order valence-corrected chi connectivity index (χ1v) is 8.31. The molecule has 0 unspecified atom stereocenters. The van der Waals surface area contributed by atoms with E-state index in [0.29, 0.717) is 29.5 Å². The molecule has 0 aromatic carbocycles. The van der Waals surface area contributed by atoms with Crippen molar-refractivity contribution >= 4 is 28.9 Å². The minimum absolute atomic E-state index is 0.309. The van der Waals surface area contributed by atoms with E-state index in [1.807, 2.05) is 6.92 Å². The van der Waals surface area contributed by atoms with Crippen LogP contribution in [-0.4, -0.2) is 36.9 Å². The highest BCUT2D eigenvalue weighted by molar-refractivity contribution is 8.00. The van der Waals surface area contributed by atoms with Crippen molar-refractivity contribution in [3.63, 3.8) is 0 Å². The van der Waals surface area contributed by atoms with Gasteiger partial charge in [0.2, 0.25) is 0 Å². The first-order valence-electron chi connectivity index (χ1n) is 7.43. The molecule has 1 N–H and O–H groups in total. The molecule has 9 heteroatoms. The second-order valence-electron chi connectivity index (χ2n) is 5.05. The molecule has 0 amide bonds. The Kier molecular flexibility index (Phi) is 5.30. The van der Waals surface area contributed by atoms with Gasteiger partial charge in [-0.05, 0) is 20.3 Å². The van der Waals surface area contributed by atoms with E-state index in [0.717, 1.165) is 6.42 Å². The molecular formula is C14H20N4O4S. The van der Waals surface area contributed by atoms with E-state index in [1.54, 1.807) is 25.5 Å². The van der Waals surface area contributed by atoms with Crippen LogP contribution in [0.5, 0.6) is 0 Å². The highest BCUT2D eigenvalue weighted by Crippen LogP contribution is 2.26. The van der Waals surface area contributed by atoms with Crippen LogP contribution in [0.1, 0.15) is 27.2 Å². The van der Waals surface area contributed by atoms with E-state index in [1.165, 1.54) is 16.3 Å². The molecule has 2 aromatic heterocycles. The number of H-pyrrole nitrogens is 1. The number of thioether (sulfide) groups is 1. The molecule has 126 valence electrons. The van der Waals surface area contributed by atoms with E-state index in [2.05, 4.69) is 9.97 Å². The number of nitrogens with one attached hydrogen (secondary N) is 1. The average molecular weight is 340 g/mol. The van der Waals surface area contributed by atoms with Gasteiger partial charge in [-0.1, -0.05) is 18.7 Å². The topological polar surface area (TPSA) is 99.0 Å². The number of hydrogen-bond acceptors (Lipinski definition) is 6. The smallest absolute Gasteiger partial charge is 0.329 e. The van der Waals surface area contributed by atoms with Gasteiger partial charge in [-0.2, -0.15) is 0 Å². The van der Waals surface area contributed by atoms with Gasteiger partial charge in [-0.25, -0.2) is 9.78 Å². The quantitative estimate of drug-likeness (QED) is 0.619. The molecule has 0 aliphatic heterocycles. The SMILES string of the molecule is CCCn1c(S[C@@H](C)C(=O)OCC)nc2c1c(=O)[nH]c(=O)n2C. The molecule has 0 bridgehead atoms. The van der Waals surface area contributed by atoms with Crippen LogP contribution < -0.4 is 11.2 Å². The Morgan fingerprint density at radius 1 is 1.39 bits per heavy atom. The van der Waals surface area contributed by atoms with E-state index in [9.17, 15) is 14.4 Å². The second-order valence-corrected chi connectivity index (χ2v) is 6.36. The van der Waals surface area contributed by atoms with Gasteiger partial charge in [0.15, 0.2) is 16.3 Å². The van der Waals surface area contributed by atoms with Crippen LogP contribution in [0, 0.1) is 0 Å². The molecule has 0 saturated carbocycles. The maximum Gasteiger partial charge on any atom is 0.329 e. The first-order chi connectivity index (χ1) is 10.9. The lowest BCUT2D eigenvalue weighted by atomic mass is 10.4. The third kappa shape index (κ3) is 3.34. The fourth-order valence-corrected chi connectivity index (χ4v) is 3.13. The van der Waals surface area contributed by atoms with Crippen molar-refractivity contribution in [2.24, 2.45) is 7.05 Å². The van der Waals surface area contributed by atoms with E-state index in [-0.39, 0.29) is 5.97 Å². The van der Waals surface area contributed by atoms with Crippen molar-refractivity contribution in [2.75, 3.05) is 6.61 Å². The average Bonchev–Trinajstić information content (AvgIpc) is 2.85. The van der Waals surface area contributed by atoms with Gasteiger partial charge >= 0.3 is 11.7 Å². The molecule has 23 heavy (non-hydrogen) atoms. The predicted octanol–water partition coefficient (Wildman–Crippen LogP) is 0.877. The van der Waals surface area contributed by atoms with Crippen LogP contribution >= 0.6 is 11.8 Å². The lowest BCUT2D eigenvalue weighted by molar-refractivity contribution is -0.142. The van der Waals surface area contributed by atoms with Gasteiger partial charge in [0.25, 0.3) is 5.56 Å². The summed E-state index contributed by atoms with van der Waals surface area (Å²) < 4.78 is 8.03. The Hall–Kier alpha value is -2.03. The highest BCUT2D eigenvalue weighted by atomic mass is 32.2. The molecule has 0 fully saturated rings. The molecule has 0 spiro atoms. The lowest BCUT2D eigenvalue weighted by Crippen LogP contribution is -2.29. The zero-order chi connectivity index (χ0) is 17.1. The number of hydrogen-bond donors (Lipinski definition) is 1. The van der Waals surface area contributed by atoms with Crippen molar-refractivity contribution in [3.8, 4) is 0 Å². The summed E-state index contributed by atoms with van der Waals surface area (Å²) in [4.78, 5) is 42.4. The van der Waals surface area contributed by atoms with Crippen LogP contribution in [0.25, 0.3) is 11.2 Å². The van der Waals surface area contributed by atoms with Crippen LogP contribution in [0.3, 0.4) is 0 Å². The summed E-state index contributed by atoms with van der Waals surface area (Å²) in [5.41, 5.74) is -0.336. The number of rotatable bonds is 6. The number of ether oxygens (including phenoxy) is 1. The summed E-state index contributed by atoms with van der Waals surface area (Å²) in [5.74, 6) is -0.338. The molecule has 8 nitrogen and oxygen atoms in total. The molecule has 1 atom stereocenters. The van der Waals surface area contributed by atoms with Crippen molar-refractivity contribution < 1.29 is 9.53 Å². The van der Waals surface area contributed by atoms with Crippen LogP contribution in [0.15, 0.2) is 14.7 Å². The fraction of sp³-hybridized carbons (Fsp3) is 0.571. The van der Waals surface area contributed by atoms with Gasteiger partial charge < -0.3 is 9.30 Å². The minimum Gasteiger partial charge on any atom is -0.465 e. The molecule has 2 aromatic rings. The summed E-state index contributed by atoms with van der Waals surface area (Å²) in [6, 6.07) is 0. The number of nitrogens with zero attached hydrogens (tertiary/aromatic N) is 3. The number of carbonyl (C=O) groups excluding carboxylic acids is 1. The lowest BCUT2D eigenvalue weighted by Gasteiger charge is -2.11. The van der Waals surface area contributed by atoms with Gasteiger partial charge in [0.1, 0.15) is 5.25 Å². The van der Waals surface area contributed by atoms with E-state index < -0.39 is 16.5 Å². The van der Waals surface area contributed by atoms with Crippen molar-refractivity contribution in [1.82, 2.24) is 19.1 Å². The number of carbonyl (C=O) groups is 1. The monoisotopic (exact) mass is 340 g/mol. The number of aromatic amines is 1. The van der Waals surface area contributed by atoms with Crippen LogP contribution in [0.2, 0.25) is 0 Å². The van der Waals surface area contributed by atoms with Gasteiger partial charge in [0, 0.05) is 13.6 Å². The Morgan fingerprint density at radius 2 is 2.09 bits per heavy atom. The van der Waals surface area contributed by atoms with Crippen LogP contribution in [-0.2, 0) is 23.1 Å². The minimum atomic E-state index is -0.515. The maximum atomic E-state index is 12.2. The van der Waals surface area contributed by atoms with E-state index in [4.69, 9.17) is 4.74 Å². The zero-order valence-electron chi connectivity index (χ0n) is 13.6. The van der Waals surface area contributed by atoms with Crippen molar-refractivity contribution in [1.29, 1.82) is 0 Å². The Labute approximate surface area is 136 Å². The summed E-state index contributed by atoms with van der Waals surface area (Å²) in [6.45, 7) is 6.32. The summed E-state index contributed by atoms with van der Waals surface area (Å²) in [5, 5.41) is 0.0626. The largest absolute Gasteiger partial charge is 0.465 e. The second kappa shape index (κ2) is 7.03. The Balaban J connectivity index is 2.55. The third-order valence-corrected chi connectivity index (χ3v) is 4.39. The molecule has 2 heterocycles. The van der Waals surface area contributed by atoms with Crippen LogP contribution in [0.4, 0.5) is 0 Å². The summed E-state index contributed by atoms with van der Waals surface area (Å²) >= 11 is 1.22. The Morgan fingerprint density at radius 3 is 2.70 bits per heavy atom. The molecule has 0 aliphatic carbocycles. The van der Waals surface area contributed by atoms with Crippen molar-refractivity contribution in [3.05, 3.63) is 20.8 Å².